The molecule has 1 aliphatic heterocycles. The van der Waals surface area contributed by atoms with Crippen LogP contribution in [0.15, 0.2) is 84.9 Å². The Balaban J connectivity index is 1.73. The van der Waals surface area contributed by atoms with Crippen molar-refractivity contribution in [3.8, 4) is 5.75 Å². The second-order valence-electron chi connectivity index (χ2n) is 8.64. The van der Waals surface area contributed by atoms with Gasteiger partial charge < -0.3 is 18.9 Å². The predicted molar refractivity (Wildman–Crippen MR) is 130 cm³/mol. The minimum atomic E-state index is -1.71. The molecule has 1 spiro atoms. The zero-order valence-electron chi connectivity index (χ0n) is 19.8. The summed E-state index contributed by atoms with van der Waals surface area (Å²) in [5.74, 6) is -0.660. The minimum absolute atomic E-state index is 0.0747. The summed E-state index contributed by atoms with van der Waals surface area (Å²) >= 11 is 0. The lowest BCUT2D eigenvalue weighted by Gasteiger charge is -2.31. The van der Waals surface area contributed by atoms with Crippen LogP contribution in [0.4, 0.5) is 0 Å². The van der Waals surface area contributed by atoms with E-state index in [0.717, 1.165) is 27.8 Å². The standard InChI is InChI=1S/C29H26O6/c1-32-22-16-14-19(15-17-22)23-18-28(26(30)33-2,27(31)34-3)29(35-23)24(20-10-6-4-7-11-20)25(29)21-12-8-5-9-13-21/h4-17,23H,18H2,1-3H3. The van der Waals surface area contributed by atoms with E-state index in [9.17, 15) is 9.59 Å². The van der Waals surface area contributed by atoms with Crippen LogP contribution in [-0.4, -0.2) is 38.9 Å². The molecule has 3 aromatic carbocycles. The Kier molecular flexibility index (Phi) is 5.69. The zero-order chi connectivity index (χ0) is 24.6. The fourth-order valence-electron chi connectivity index (χ4n) is 5.38. The number of hydrogen-bond donors (Lipinski definition) is 0. The molecule has 0 bridgehead atoms. The normalized spacial score (nSPS) is 19.3. The predicted octanol–water partition coefficient (Wildman–Crippen LogP) is 4.85. The van der Waals surface area contributed by atoms with E-state index in [1.165, 1.54) is 14.2 Å². The van der Waals surface area contributed by atoms with Gasteiger partial charge in [-0.15, -0.1) is 0 Å². The zero-order valence-corrected chi connectivity index (χ0v) is 19.8. The number of methoxy groups -OCH3 is 3. The first-order chi connectivity index (χ1) is 17.0. The molecule has 1 heterocycles. The van der Waals surface area contributed by atoms with Gasteiger partial charge in [-0.05, 0) is 28.8 Å². The van der Waals surface area contributed by atoms with Gasteiger partial charge in [-0.3, -0.25) is 9.59 Å². The SMILES string of the molecule is COC(=O)C1(C(=O)OC)CC(c2ccc(OC)cc2)OC12C(c1ccccc1)=C2c1ccccc1. The molecule has 1 atom stereocenters. The fraction of sp³-hybridized carbons (Fsp3) is 0.241. The highest BCUT2D eigenvalue weighted by Gasteiger charge is 2.80. The molecule has 1 unspecified atom stereocenters. The van der Waals surface area contributed by atoms with E-state index in [0.29, 0.717) is 5.75 Å². The molecule has 1 aliphatic carbocycles. The van der Waals surface area contributed by atoms with Crippen LogP contribution < -0.4 is 4.74 Å². The van der Waals surface area contributed by atoms with Crippen molar-refractivity contribution in [2.45, 2.75) is 18.1 Å². The average molecular weight is 471 g/mol. The Morgan fingerprint density at radius 2 is 1.23 bits per heavy atom. The first kappa shape index (κ1) is 22.9. The second kappa shape index (κ2) is 8.71. The third-order valence-electron chi connectivity index (χ3n) is 6.98. The third kappa shape index (κ3) is 3.28. The van der Waals surface area contributed by atoms with Crippen molar-refractivity contribution in [3.63, 3.8) is 0 Å². The van der Waals surface area contributed by atoms with Crippen molar-refractivity contribution >= 4 is 23.1 Å². The van der Waals surface area contributed by atoms with Gasteiger partial charge in [0, 0.05) is 17.6 Å². The molecule has 35 heavy (non-hydrogen) atoms. The van der Waals surface area contributed by atoms with Crippen LogP contribution in [0.1, 0.15) is 29.2 Å². The van der Waals surface area contributed by atoms with E-state index in [2.05, 4.69) is 0 Å². The van der Waals surface area contributed by atoms with E-state index in [4.69, 9.17) is 18.9 Å². The highest BCUT2D eigenvalue weighted by atomic mass is 16.6. The lowest BCUT2D eigenvalue weighted by molar-refractivity contribution is -0.173. The van der Waals surface area contributed by atoms with Crippen molar-refractivity contribution in [2.24, 2.45) is 5.41 Å². The van der Waals surface area contributed by atoms with E-state index in [1.807, 2.05) is 84.9 Å². The van der Waals surface area contributed by atoms with Gasteiger partial charge >= 0.3 is 11.9 Å². The van der Waals surface area contributed by atoms with Gasteiger partial charge in [0.15, 0.2) is 0 Å². The summed E-state index contributed by atoms with van der Waals surface area (Å²) in [5.41, 5.74) is 1.11. The van der Waals surface area contributed by atoms with Crippen LogP contribution in [0.5, 0.6) is 5.75 Å². The van der Waals surface area contributed by atoms with Crippen LogP contribution >= 0.6 is 0 Å². The fourth-order valence-corrected chi connectivity index (χ4v) is 5.38. The largest absolute Gasteiger partial charge is 0.497 e. The topological polar surface area (TPSA) is 71.1 Å². The number of ether oxygens (including phenoxy) is 4. The quantitative estimate of drug-likeness (QED) is 0.379. The molecule has 3 aromatic rings. The van der Waals surface area contributed by atoms with Gasteiger partial charge in [-0.1, -0.05) is 72.8 Å². The molecule has 2 aliphatic rings. The summed E-state index contributed by atoms with van der Waals surface area (Å²) in [4.78, 5) is 27.1. The van der Waals surface area contributed by atoms with Crippen molar-refractivity contribution in [2.75, 3.05) is 21.3 Å². The van der Waals surface area contributed by atoms with Gasteiger partial charge in [0.2, 0.25) is 5.41 Å². The number of esters is 2. The number of carbonyl (C=O) groups excluding carboxylic acids is 2. The Morgan fingerprint density at radius 1 is 0.743 bits per heavy atom. The molecule has 0 saturated carbocycles. The molecule has 0 N–H and O–H groups in total. The van der Waals surface area contributed by atoms with Gasteiger partial charge in [0.25, 0.3) is 0 Å². The van der Waals surface area contributed by atoms with Crippen molar-refractivity contribution in [1.82, 2.24) is 0 Å². The summed E-state index contributed by atoms with van der Waals surface area (Å²) < 4.78 is 22.6. The number of carbonyl (C=O) groups is 2. The summed E-state index contributed by atoms with van der Waals surface area (Å²) in [6.45, 7) is 0. The lowest BCUT2D eigenvalue weighted by atomic mass is 9.72. The van der Waals surface area contributed by atoms with Crippen LogP contribution in [0.25, 0.3) is 11.1 Å². The monoisotopic (exact) mass is 470 g/mol. The summed E-state index contributed by atoms with van der Waals surface area (Å²) in [7, 11) is 4.17. The van der Waals surface area contributed by atoms with Crippen LogP contribution in [0.2, 0.25) is 0 Å². The highest BCUT2D eigenvalue weighted by molar-refractivity contribution is 6.25. The Morgan fingerprint density at radius 3 is 1.66 bits per heavy atom. The van der Waals surface area contributed by atoms with E-state index >= 15 is 0 Å². The Hall–Kier alpha value is -3.90. The second-order valence-corrected chi connectivity index (χ2v) is 8.64. The Bertz CT molecular complexity index is 1210. The summed E-state index contributed by atoms with van der Waals surface area (Å²) in [6.07, 6.45) is -0.482. The smallest absolute Gasteiger partial charge is 0.327 e. The van der Waals surface area contributed by atoms with Crippen molar-refractivity contribution < 1.29 is 28.5 Å². The highest BCUT2D eigenvalue weighted by Crippen LogP contribution is 2.73. The molecule has 1 saturated heterocycles. The molecule has 0 radical (unpaired) electrons. The van der Waals surface area contributed by atoms with Gasteiger partial charge in [0.05, 0.1) is 27.4 Å². The average Bonchev–Trinajstić information content (AvgIpc) is 3.46. The van der Waals surface area contributed by atoms with Gasteiger partial charge in [-0.2, -0.15) is 0 Å². The van der Waals surface area contributed by atoms with Gasteiger partial charge in [-0.25, -0.2) is 0 Å². The first-order valence-electron chi connectivity index (χ1n) is 11.4. The maximum atomic E-state index is 13.6. The van der Waals surface area contributed by atoms with E-state index < -0.39 is 29.1 Å². The van der Waals surface area contributed by atoms with E-state index in [-0.39, 0.29) is 6.42 Å². The van der Waals surface area contributed by atoms with E-state index in [1.54, 1.807) is 7.11 Å². The summed E-state index contributed by atoms with van der Waals surface area (Å²) in [5, 5.41) is 0. The first-order valence-corrected chi connectivity index (χ1v) is 11.4. The number of benzene rings is 3. The molecule has 5 rings (SSSR count). The maximum absolute atomic E-state index is 13.6. The van der Waals surface area contributed by atoms with Crippen LogP contribution in [0, 0.1) is 5.41 Å². The van der Waals surface area contributed by atoms with Gasteiger partial charge in [0.1, 0.15) is 11.4 Å². The number of hydrogen-bond acceptors (Lipinski definition) is 6. The molecule has 0 amide bonds. The Labute approximate surface area is 204 Å². The van der Waals surface area contributed by atoms with Crippen LogP contribution in [0.3, 0.4) is 0 Å². The van der Waals surface area contributed by atoms with Crippen molar-refractivity contribution in [3.05, 3.63) is 102 Å². The molecular weight excluding hydrogens is 444 g/mol. The lowest BCUT2D eigenvalue weighted by Crippen LogP contribution is -2.51. The van der Waals surface area contributed by atoms with Crippen molar-refractivity contribution in [1.29, 1.82) is 0 Å². The molecular formula is C29H26O6. The molecule has 6 heteroatoms. The maximum Gasteiger partial charge on any atom is 0.327 e. The molecule has 6 nitrogen and oxygen atoms in total. The number of rotatable bonds is 6. The molecule has 0 aromatic heterocycles. The molecule has 1 fully saturated rings. The third-order valence-corrected chi connectivity index (χ3v) is 6.98. The summed E-state index contributed by atoms with van der Waals surface area (Å²) in [6, 6.07) is 26.8. The minimum Gasteiger partial charge on any atom is -0.497 e. The van der Waals surface area contributed by atoms with Crippen LogP contribution in [-0.2, 0) is 23.8 Å². The molecule has 178 valence electrons.